The molecule has 2 rings (SSSR count). The molecule has 0 radical (unpaired) electrons. The van der Waals surface area contributed by atoms with E-state index in [0.717, 1.165) is 30.3 Å². The van der Waals surface area contributed by atoms with E-state index in [1.54, 1.807) is 0 Å². The number of hydrogen-bond donors (Lipinski definition) is 2. The highest BCUT2D eigenvalue weighted by Crippen LogP contribution is 2.24. The molecule has 0 aliphatic carbocycles. The van der Waals surface area contributed by atoms with Gasteiger partial charge in [-0.15, -0.1) is 0 Å². The summed E-state index contributed by atoms with van der Waals surface area (Å²) in [6.45, 7) is 9.75. The van der Waals surface area contributed by atoms with Crippen LogP contribution >= 0.6 is 11.5 Å². The third-order valence-corrected chi connectivity index (χ3v) is 3.69. The zero-order chi connectivity index (χ0) is 12.5. The van der Waals surface area contributed by atoms with E-state index in [2.05, 4.69) is 47.7 Å². The van der Waals surface area contributed by atoms with Crippen molar-refractivity contribution in [3.05, 3.63) is 5.82 Å². The molecule has 1 aliphatic heterocycles. The summed E-state index contributed by atoms with van der Waals surface area (Å²) in [5, 5.41) is 7.93. The van der Waals surface area contributed by atoms with Crippen LogP contribution < -0.4 is 10.6 Å². The van der Waals surface area contributed by atoms with Crippen molar-refractivity contribution in [3.8, 4) is 0 Å². The Morgan fingerprint density at radius 2 is 2.18 bits per heavy atom. The lowest BCUT2D eigenvalue weighted by molar-refractivity contribution is 0.396. The van der Waals surface area contributed by atoms with Crippen LogP contribution in [0.3, 0.4) is 0 Å². The van der Waals surface area contributed by atoms with Gasteiger partial charge in [0.05, 0.1) is 0 Å². The molecule has 1 aromatic heterocycles. The molecule has 0 saturated carbocycles. The van der Waals surface area contributed by atoms with Crippen LogP contribution in [-0.2, 0) is 5.41 Å². The van der Waals surface area contributed by atoms with Crippen molar-refractivity contribution in [1.82, 2.24) is 14.7 Å². The normalized spacial score (nSPS) is 25.9. The Bertz CT molecular complexity index is 369. The third-order valence-electron chi connectivity index (χ3n) is 3.05. The quantitative estimate of drug-likeness (QED) is 0.851. The molecule has 0 bridgehead atoms. The van der Waals surface area contributed by atoms with E-state index in [-0.39, 0.29) is 5.41 Å². The van der Waals surface area contributed by atoms with Gasteiger partial charge in [0.25, 0.3) is 0 Å². The number of aromatic nitrogens is 2. The number of piperidine rings is 1. The molecule has 1 fully saturated rings. The first-order valence-electron chi connectivity index (χ1n) is 6.29. The van der Waals surface area contributed by atoms with Crippen molar-refractivity contribution < 1.29 is 0 Å². The second-order valence-corrected chi connectivity index (χ2v) is 6.65. The van der Waals surface area contributed by atoms with Gasteiger partial charge in [0.2, 0.25) is 5.13 Å². The number of rotatable bonds is 2. The van der Waals surface area contributed by atoms with Crippen LogP contribution in [0.15, 0.2) is 0 Å². The molecule has 2 atom stereocenters. The van der Waals surface area contributed by atoms with E-state index in [1.165, 1.54) is 11.5 Å². The minimum atomic E-state index is 0.0395. The standard InChI is InChI=1S/C12H22N4S/c1-8-7-9(5-6-13-8)14-11-15-10(16-17-11)12(2,3)4/h8-9,13H,5-7H2,1-4H3,(H,14,15,16). The summed E-state index contributed by atoms with van der Waals surface area (Å²) < 4.78 is 4.42. The Labute approximate surface area is 107 Å². The first kappa shape index (κ1) is 12.8. The van der Waals surface area contributed by atoms with Crippen molar-refractivity contribution >= 4 is 16.7 Å². The Kier molecular flexibility index (Phi) is 3.68. The second-order valence-electron chi connectivity index (χ2n) is 5.89. The smallest absolute Gasteiger partial charge is 0.202 e. The van der Waals surface area contributed by atoms with Crippen LogP contribution in [0.25, 0.3) is 0 Å². The van der Waals surface area contributed by atoms with E-state index in [0.29, 0.717) is 12.1 Å². The molecule has 2 N–H and O–H groups in total. The van der Waals surface area contributed by atoms with Gasteiger partial charge in [0.1, 0.15) is 5.82 Å². The van der Waals surface area contributed by atoms with Crippen LogP contribution in [0.4, 0.5) is 5.13 Å². The molecule has 2 heterocycles. The molecule has 1 aliphatic rings. The molecular weight excluding hydrogens is 232 g/mol. The summed E-state index contributed by atoms with van der Waals surface area (Å²) in [6, 6.07) is 1.13. The van der Waals surface area contributed by atoms with Crippen molar-refractivity contribution in [3.63, 3.8) is 0 Å². The average molecular weight is 254 g/mol. The molecule has 1 aromatic rings. The van der Waals surface area contributed by atoms with Crippen LogP contribution in [0, 0.1) is 0 Å². The molecule has 0 amide bonds. The monoisotopic (exact) mass is 254 g/mol. The van der Waals surface area contributed by atoms with Gasteiger partial charge in [-0.05, 0) is 26.3 Å². The largest absolute Gasteiger partial charge is 0.357 e. The van der Waals surface area contributed by atoms with Crippen molar-refractivity contribution in [2.75, 3.05) is 11.9 Å². The van der Waals surface area contributed by atoms with Crippen LogP contribution in [-0.4, -0.2) is 28.0 Å². The Balaban J connectivity index is 1.97. The van der Waals surface area contributed by atoms with Gasteiger partial charge in [-0.1, -0.05) is 20.8 Å². The van der Waals surface area contributed by atoms with Gasteiger partial charge in [-0.25, -0.2) is 4.98 Å². The van der Waals surface area contributed by atoms with E-state index in [9.17, 15) is 0 Å². The van der Waals surface area contributed by atoms with Crippen molar-refractivity contribution in [2.24, 2.45) is 0 Å². The lowest BCUT2D eigenvalue weighted by Crippen LogP contribution is -2.41. The molecule has 0 aromatic carbocycles. The summed E-state index contributed by atoms with van der Waals surface area (Å²) >= 11 is 1.48. The lowest BCUT2D eigenvalue weighted by Gasteiger charge is -2.28. The Morgan fingerprint density at radius 1 is 1.41 bits per heavy atom. The molecule has 2 unspecified atom stereocenters. The number of nitrogens with zero attached hydrogens (tertiary/aromatic N) is 2. The molecular formula is C12H22N4S. The number of nitrogens with one attached hydrogen (secondary N) is 2. The van der Waals surface area contributed by atoms with E-state index in [4.69, 9.17) is 0 Å². The van der Waals surface area contributed by atoms with Crippen molar-refractivity contribution in [1.29, 1.82) is 0 Å². The van der Waals surface area contributed by atoms with Gasteiger partial charge < -0.3 is 10.6 Å². The zero-order valence-corrected chi connectivity index (χ0v) is 11.9. The predicted molar refractivity (Wildman–Crippen MR) is 72.7 cm³/mol. The van der Waals surface area contributed by atoms with Crippen LogP contribution in [0.5, 0.6) is 0 Å². The highest BCUT2D eigenvalue weighted by molar-refractivity contribution is 7.09. The fourth-order valence-electron chi connectivity index (χ4n) is 2.02. The first-order chi connectivity index (χ1) is 7.95. The Morgan fingerprint density at radius 3 is 2.76 bits per heavy atom. The van der Waals surface area contributed by atoms with E-state index < -0.39 is 0 Å². The highest BCUT2D eigenvalue weighted by atomic mass is 32.1. The van der Waals surface area contributed by atoms with E-state index in [1.807, 2.05) is 0 Å². The van der Waals surface area contributed by atoms with Crippen LogP contribution in [0.1, 0.15) is 46.4 Å². The fourth-order valence-corrected chi connectivity index (χ4v) is 2.86. The summed E-state index contributed by atoms with van der Waals surface area (Å²) in [4.78, 5) is 4.58. The minimum absolute atomic E-state index is 0.0395. The van der Waals surface area contributed by atoms with Gasteiger partial charge in [0.15, 0.2) is 0 Å². The van der Waals surface area contributed by atoms with Crippen molar-refractivity contribution in [2.45, 2.75) is 58.0 Å². The molecule has 17 heavy (non-hydrogen) atoms. The fraction of sp³-hybridized carbons (Fsp3) is 0.833. The molecule has 96 valence electrons. The lowest BCUT2D eigenvalue weighted by atomic mass is 9.96. The maximum absolute atomic E-state index is 4.58. The summed E-state index contributed by atoms with van der Waals surface area (Å²) in [5.74, 6) is 0.937. The minimum Gasteiger partial charge on any atom is -0.357 e. The average Bonchev–Trinajstić information content (AvgIpc) is 2.65. The van der Waals surface area contributed by atoms with Crippen LogP contribution in [0.2, 0.25) is 0 Å². The molecule has 1 saturated heterocycles. The molecule has 5 heteroatoms. The number of anilines is 1. The van der Waals surface area contributed by atoms with E-state index >= 15 is 0 Å². The van der Waals surface area contributed by atoms with Gasteiger partial charge in [0, 0.05) is 29.0 Å². The van der Waals surface area contributed by atoms with Gasteiger partial charge >= 0.3 is 0 Å². The summed E-state index contributed by atoms with van der Waals surface area (Å²) in [7, 11) is 0. The summed E-state index contributed by atoms with van der Waals surface area (Å²) in [6.07, 6.45) is 2.32. The topological polar surface area (TPSA) is 49.8 Å². The maximum atomic E-state index is 4.58. The second kappa shape index (κ2) is 4.90. The zero-order valence-electron chi connectivity index (χ0n) is 11.1. The number of hydrogen-bond acceptors (Lipinski definition) is 5. The first-order valence-corrected chi connectivity index (χ1v) is 7.06. The van der Waals surface area contributed by atoms with Gasteiger partial charge in [-0.2, -0.15) is 4.37 Å². The highest BCUT2D eigenvalue weighted by Gasteiger charge is 2.22. The molecule has 4 nitrogen and oxygen atoms in total. The SMILES string of the molecule is CC1CC(Nc2nc(C(C)(C)C)ns2)CCN1. The Hall–Kier alpha value is -0.680. The third kappa shape index (κ3) is 3.39. The van der Waals surface area contributed by atoms with Gasteiger partial charge in [-0.3, -0.25) is 0 Å². The summed E-state index contributed by atoms with van der Waals surface area (Å²) in [5.41, 5.74) is 0.0395. The predicted octanol–water partition coefficient (Wildman–Crippen LogP) is 2.39. The maximum Gasteiger partial charge on any atom is 0.202 e. The molecule has 0 spiro atoms.